The molecule has 7 heteroatoms. The molecule has 2 amide bonds. The van der Waals surface area contributed by atoms with Crippen LogP contribution in [0.1, 0.15) is 18.4 Å². The molecule has 1 N–H and O–H groups in total. The first-order chi connectivity index (χ1) is 11.6. The van der Waals surface area contributed by atoms with Gasteiger partial charge in [-0.15, -0.1) is 0 Å². The van der Waals surface area contributed by atoms with Gasteiger partial charge in [0.25, 0.3) is 0 Å². The third-order valence-corrected chi connectivity index (χ3v) is 4.77. The van der Waals surface area contributed by atoms with E-state index < -0.39 is 6.61 Å². The number of urea groups is 1. The molecule has 0 saturated carbocycles. The monoisotopic (exact) mass is 340 g/mol. The number of benzene rings is 1. The molecule has 2 fully saturated rings. The number of carbonyl (C=O) groups excluding carboxylic acids is 1. The Morgan fingerprint density at radius 2 is 2.21 bits per heavy atom. The number of likely N-dealkylation sites (tertiary alicyclic amines) is 1. The molecule has 0 bridgehead atoms. The van der Waals surface area contributed by atoms with Gasteiger partial charge in [0.05, 0.1) is 6.61 Å². The highest BCUT2D eigenvalue weighted by atomic mass is 19.3. The van der Waals surface area contributed by atoms with E-state index in [1.54, 1.807) is 18.2 Å². The van der Waals surface area contributed by atoms with Crippen molar-refractivity contribution in [2.75, 3.05) is 32.8 Å². The number of amides is 2. The van der Waals surface area contributed by atoms with Gasteiger partial charge in [-0.25, -0.2) is 4.79 Å². The van der Waals surface area contributed by atoms with Crippen molar-refractivity contribution in [1.82, 2.24) is 10.2 Å². The van der Waals surface area contributed by atoms with Gasteiger partial charge in [0.2, 0.25) is 0 Å². The van der Waals surface area contributed by atoms with Gasteiger partial charge < -0.3 is 19.7 Å². The molecule has 3 rings (SSSR count). The Morgan fingerprint density at radius 3 is 2.96 bits per heavy atom. The summed E-state index contributed by atoms with van der Waals surface area (Å²) < 4.78 is 34.7. The molecule has 0 aromatic heterocycles. The van der Waals surface area contributed by atoms with E-state index >= 15 is 0 Å². The number of rotatable bonds is 5. The maximum absolute atomic E-state index is 12.4. The van der Waals surface area contributed by atoms with E-state index in [2.05, 4.69) is 10.1 Å². The lowest BCUT2D eigenvalue weighted by Gasteiger charge is -2.22. The van der Waals surface area contributed by atoms with Crippen LogP contribution in [0.3, 0.4) is 0 Å². The highest BCUT2D eigenvalue weighted by Gasteiger charge is 2.42. The fraction of sp³-hybridized carbons (Fsp3) is 0.588. The molecule has 2 aliphatic heterocycles. The Bertz CT molecular complexity index is 577. The van der Waals surface area contributed by atoms with Crippen LogP contribution in [0.5, 0.6) is 5.75 Å². The van der Waals surface area contributed by atoms with Crippen molar-refractivity contribution >= 4 is 6.03 Å². The SMILES string of the molecule is O=C(NCCc1ccccc1OC(F)F)N1CC[C@@]2(CCOC2)C1. The summed E-state index contributed by atoms with van der Waals surface area (Å²) in [7, 11) is 0. The molecule has 1 spiro atoms. The first kappa shape index (κ1) is 17.0. The number of hydrogen-bond acceptors (Lipinski definition) is 3. The summed E-state index contributed by atoms with van der Waals surface area (Å²) in [5.74, 6) is 0.157. The Balaban J connectivity index is 1.47. The summed E-state index contributed by atoms with van der Waals surface area (Å²) in [6, 6.07) is 6.54. The van der Waals surface area contributed by atoms with E-state index in [0.29, 0.717) is 18.5 Å². The molecule has 0 unspecified atom stereocenters. The molecular weight excluding hydrogens is 318 g/mol. The van der Waals surface area contributed by atoms with E-state index in [9.17, 15) is 13.6 Å². The Labute approximate surface area is 139 Å². The molecule has 1 atom stereocenters. The number of carbonyl (C=O) groups is 1. The first-order valence-corrected chi connectivity index (χ1v) is 8.21. The highest BCUT2D eigenvalue weighted by molar-refractivity contribution is 5.74. The van der Waals surface area contributed by atoms with Crippen LogP contribution in [0.15, 0.2) is 24.3 Å². The number of nitrogens with zero attached hydrogens (tertiary/aromatic N) is 1. The zero-order valence-electron chi connectivity index (χ0n) is 13.5. The average Bonchev–Trinajstić information content (AvgIpc) is 3.19. The molecule has 5 nitrogen and oxygen atoms in total. The third kappa shape index (κ3) is 3.95. The Hall–Kier alpha value is -1.89. The summed E-state index contributed by atoms with van der Waals surface area (Å²) in [4.78, 5) is 14.1. The molecule has 2 heterocycles. The van der Waals surface area contributed by atoms with Crippen molar-refractivity contribution in [2.24, 2.45) is 5.41 Å². The van der Waals surface area contributed by atoms with Crippen molar-refractivity contribution in [3.63, 3.8) is 0 Å². The summed E-state index contributed by atoms with van der Waals surface area (Å²) >= 11 is 0. The van der Waals surface area contributed by atoms with Gasteiger partial charge in [-0.1, -0.05) is 18.2 Å². The maximum atomic E-state index is 12.4. The molecule has 0 aliphatic carbocycles. The van der Waals surface area contributed by atoms with Gasteiger partial charge in [-0.2, -0.15) is 8.78 Å². The Kier molecular flexibility index (Phi) is 5.18. The van der Waals surface area contributed by atoms with Crippen LogP contribution in [0.4, 0.5) is 13.6 Å². The summed E-state index contributed by atoms with van der Waals surface area (Å²) in [6.45, 7) is 0.494. The van der Waals surface area contributed by atoms with Gasteiger partial charge in [0.15, 0.2) is 0 Å². The number of alkyl halides is 2. The fourth-order valence-corrected chi connectivity index (χ4v) is 3.42. The Morgan fingerprint density at radius 1 is 1.38 bits per heavy atom. The molecule has 24 heavy (non-hydrogen) atoms. The lowest BCUT2D eigenvalue weighted by molar-refractivity contribution is -0.0504. The molecule has 2 saturated heterocycles. The van der Waals surface area contributed by atoms with Crippen LogP contribution in [-0.2, 0) is 11.2 Å². The van der Waals surface area contributed by atoms with Crippen LogP contribution in [-0.4, -0.2) is 50.4 Å². The number of ether oxygens (including phenoxy) is 2. The smallest absolute Gasteiger partial charge is 0.387 e. The predicted octanol–water partition coefficient (Wildman–Crippen LogP) is 2.65. The minimum atomic E-state index is -2.85. The van der Waals surface area contributed by atoms with Crippen molar-refractivity contribution in [3.05, 3.63) is 29.8 Å². The van der Waals surface area contributed by atoms with Crippen molar-refractivity contribution in [3.8, 4) is 5.75 Å². The van der Waals surface area contributed by atoms with Crippen molar-refractivity contribution in [1.29, 1.82) is 0 Å². The largest absolute Gasteiger partial charge is 0.435 e. The quantitative estimate of drug-likeness (QED) is 0.897. The van der Waals surface area contributed by atoms with Gasteiger partial charge in [0.1, 0.15) is 5.75 Å². The average molecular weight is 340 g/mol. The standard InChI is InChI=1S/C17H22F2N2O3/c18-15(19)24-14-4-2-1-3-13(14)5-8-20-16(22)21-9-6-17(11-21)7-10-23-12-17/h1-4,15H,5-12H2,(H,20,22)/t17-/m1/s1. The van der Waals surface area contributed by atoms with E-state index in [1.807, 2.05) is 4.90 Å². The number of nitrogens with one attached hydrogen (secondary N) is 1. The number of hydrogen-bond donors (Lipinski definition) is 1. The topological polar surface area (TPSA) is 50.8 Å². The number of halogens is 2. The van der Waals surface area contributed by atoms with E-state index in [-0.39, 0.29) is 17.2 Å². The second-order valence-electron chi connectivity index (χ2n) is 6.44. The zero-order chi connectivity index (χ0) is 17.0. The van der Waals surface area contributed by atoms with Crippen LogP contribution < -0.4 is 10.1 Å². The third-order valence-electron chi connectivity index (χ3n) is 4.77. The second-order valence-corrected chi connectivity index (χ2v) is 6.44. The number of para-hydroxylation sites is 1. The van der Waals surface area contributed by atoms with E-state index in [4.69, 9.17) is 4.74 Å². The van der Waals surface area contributed by atoms with E-state index in [1.165, 1.54) is 6.07 Å². The molecule has 132 valence electrons. The van der Waals surface area contributed by atoms with Crippen LogP contribution in [0.2, 0.25) is 0 Å². The normalized spacial score (nSPS) is 23.2. The summed E-state index contributed by atoms with van der Waals surface area (Å²) in [5, 5.41) is 2.86. The van der Waals surface area contributed by atoms with E-state index in [0.717, 1.165) is 39.1 Å². The maximum Gasteiger partial charge on any atom is 0.387 e. The molecule has 1 aromatic carbocycles. The molecule has 1 aromatic rings. The first-order valence-electron chi connectivity index (χ1n) is 8.21. The van der Waals surface area contributed by atoms with Crippen LogP contribution >= 0.6 is 0 Å². The van der Waals surface area contributed by atoms with Gasteiger partial charge in [0, 0.05) is 31.7 Å². The van der Waals surface area contributed by atoms with Crippen LogP contribution in [0.25, 0.3) is 0 Å². The van der Waals surface area contributed by atoms with Gasteiger partial charge >= 0.3 is 12.6 Å². The second kappa shape index (κ2) is 7.34. The summed E-state index contributed by atoms with van der Waals surface area (Å²) in [6.07, 6.45) is 2.43. The lowest BCUT2D eigenvalue weighted by atomic mass is 9.87. The lowest BCUT2D eigenvalue weighted by Crippen LogP contribution is -2.40. The minimum absolute atomic E-state index is 0.106. The molecule has 0 radical (unpaired) electrons. The summed E-state index contributed by atoms with van der Waals surface area (Å²) in [5.41, 5.74) is 0.787. The van der Waals surface area contributed by atoms with Crippen LogP contribution in [0, 0.1) is 5.41 Å². The molecular formula is C17H22F2N2O3. The van der Waals surface area contributed by atoms with Crippen molar-refractivity contribution in [2.45, 2.75) is 25.9 Å². The highest BCUT2D eigenvalue weighted by Crippen LogP contribution is 2.38. The minimum Gasteiger partial charge on any atom is -0.435 e. The molecule has 2 aliphatic rings. The van der Waals surface area contributed by atoms with Crippen molar-refractivity contribution < 1.29 is 23.0 Å². The van der Waals surface area contributed by atoms with Gasteiger partial charge in [-0.3, -0.25) is 0 Å². The van der Waals surface area contributed by atoms with Gasteiger partial charge in [-0.05, 0) is 30.9 Å². The fourth-order valence-electron chi connectivity index (χ4n) is 3.42. The zero-order valence-corrected chi connectivity index (χ0v) is 13.5. The predicted molar refractivity (Wildman–Crippen MR) is 84.2 cm³/mol.